The van der Waals surface area contributed by atoms with Gasteiger partial charge in [-0.05, 0) is 19.4 Å². The van der Waals surface area contributed by atoms with E-state index in [-0.39, 0.29) is 11.8 Å². The van der Waals surface area contributed by atoms with E-state index in [9.17, 15) is 4.79 Å². The van der Waals surface area contributed by atoms with Crippen LogP contribution in [0.5, 0.6) is 0 Å². The minimum Gasteiger partial charge on any atom is -0.348 e. The minimum atomic E-state index is 0.0620. The van der Waals surface area contributed by atoms with Crippen LogP contribution >= 0.6 is 0 Å². The molecule has 1 fully saturated rings. The summed E-state index contributed by atoms with van der Waals surface area (Å²) in [5.74, 6) is 0.643. The third kappa shape index (κ3) is 2.72. The number of nitrogens with zero attached hydrogens (tertiary/aromatic N) is 3. The number of aromatic amines is 1. The minimum absolute atomic E-state index is 0.0620. The number of rotatable bonds is 3. The number of aromatic nitrogens is 4. The second-order valence-corrected chi connectivity index (χ2v) is 3.59. The standard InChI is InChI=1S/C8H14N6O/c15-8(6-2-1-3-9-4-6)10-5-7-11-13-14-12-7/h6,9H,1-5H2,(H,10,15)(H,11,12,13,14). The van der Waals surface area contributed by atoms with Crippen LogP contribution in [-0.4, -0.2) is 39.6 Å². The summed E-state index contributed by atoms with van der Waals surface area (Å²) in [6.07, 6.45) is 2.01. The molecule has 2 heterocycles. The molecule has 1 aromatic rings. The summed E-state index contributed by atoms with van der Waals surface area (Å²) in [6, 6.07) is 0. The highest BCUT2D eigenvalue weighted by Crippen LogP contribution is 2.09. The van der Waals surface area contributed by atoms with Gasteiger partial charge < -0.3 is 10.6 Å². The van der Waals surface area contributed by atoms with Crippen molar-refractivity contribution in [2.45, 2.75) is 19.4 Å². The van der Waals surface area contributed by atoms with E-state index in [0.717, 1.165) is 25.9 Å². The second kappa shape index (κ2) is 4.83. The lowest BCUT2D eigenvalue weighted by atomic mass is 9.99. The van der Waals surface area contributed by atoms with Crippen LogP contribution in [0.15, 0.2) is 0 Å². The Balaban J connectivity index is 1.76. The van der Waals surface area contributed by atoms with Gasteiger partial charge in [-0.3, -0.25) is 4.79 Å². The van der Waals surface area contributed by atoms with Crippen LogP contribution in [0.2, 0.25) is 0 Å². The van der Waals surface area contributed by atoms with Crippen molar-refractivity contribution in [3.05, 3.63) is 5.82 Å². The van der Waals surface area contributed by atoms with Gasteiger partial charge in [0.25, 0.3) is 0 Å². The maximum atomic E-state index is 11.7. The summed E-state index contributed by atoms with van der Waals surface area (Å²) in [5, 5.41) is 19.3. The number of piperidine rings is 1. The third-order valence-electron chi connectivity index (χ3n) is 2.48. The van der Waals surface area contributed by atoms with E-state index in [1.807, 2.05) is 0 Å². The molecule has 7 heteroatoms. The molecular weight excluding hydrogens is 196 g/mol. The Bertz CT molecular complexity index is 305. The molecule has 0 spiro atoms. The molecule has 0 radical (unpaired) electrons. The Morgan fingerprint density at radius 1 is 1.60 bits per heavy atom. The summed E-state index contributed by atoms with van der Waals surface area (Å²) in [4.78, 5) is 11.7. The topological polar surface area (TPSA) is 95.6 Å². The number of nitrogens with one attached hydrogen (secondary N) is 3. The van der Waals surface area contributed by atoms with Crippen LogP contribution < -0.4 is 10.6 Å². The zero-order valence-electron chi connectivity index (χ0n) is 8.36. The first-order valence-corrected chi connectivity index (χ1v) is 5.07. The van der Waals surface area contributed by atoms with E-state index < -0.39 is 0 Å². The molecule has 0 bridgehead atoms. The zero-order chi connectivity index (χ0) is 10.5. The van der Waals surface area contributed by atoms with Crippen molar-refractivity contribution in [2.75, 3.05) is 13.1 Å². The number of hydrogen-bond donors (Lipinski definition) is 3. The molecule has 3 N–H and O–H groups in total. The lowest BCUT2D eigenvalue weighted by Crippen LogP contribution is -2.40. The largest absolute Gasteiger partial charge is 0.348 e. The van der Waals surface area contributed by atoms with E-state index in [1.165, 1.54) is 0 Å². The van der Waals surface area contributed by atoms with Gasteiger partial charge >= 0.3 is 0 Å². The summed E-state index contributed by atoms with van der Waals surface area (Å²) in [6.45, 7) is 2.11. The molecule has 1 aliphatic rings. The molecule has 1 amide bonds. The summed E-state index contributed by atoms with van der Waals surface area (Å²) in [5.41, 5.74) is 0. The first kappa shape index (κ1) is 10.0. The quantitative estimate of drug-likeness (QED) is 0.583. The second-order valence-electron chi connectivity index (χ2n) is 3.59. The maximum absolute atomic E-state index is 11.7. The maximum Gasteiger partial charge on any atom is 0.224 e. The van der Waals surface area contributed by atoms with Gasteiger partial charge in [0.05, 0.1) is 12.5 Å². The Kier molecular flexibility index (Phi) is 3.23. The molecular formula is C8H14N6O. The van der Waals surface area contributed by atoms with Gasteiger partial charge in [-0.25, -0.2) is 0 Å². The van der Waals surface area contributed by atoms with E-state index in [1.54, 1.807) is 0 Å². The molecule has 1 atom stereocenters. The fourth-order valence-corrected chi connectivity index (χ4v) is 1.64. The van der Waals surface area contributed by atoms with Crippen LogP contribution in [0.4, 0.5) is 0 Å². The van der Waals surface area contributed by atoms with E-state index in [2.05, 4.69) is 31.3 Å². The molecule has 82 valence electrons. The molecule has 1 unspecified atom stereocenters. The van der Waals surface area contributed by atoms with Gasteiger partial charge in [0.15, 0.2) is 5.82 Å². The van der Waals surface area contributed by atoms with Gasteiger partial charge in [-0.1, -0.05) is 5.21 Å². The van der Waals surface area contributed by atoms with Crippen molar-refractivity contribution in [1.82, 2.24) is 31.3 Å². The van der Waals surface area contributed by atoms with Gasteiger partial charge in [0, 0.05) is 6.54 Å². The van der Waals surface area contributed by atoms with E-state index >= 15 is 0 Å². The normalized spacial score (nSPS) is 21.2. The number of carbonyl (C=O) groups excluding carboxylic acids is 1. The molecule has 0 saturated carbocycles. The number of tetrazole rings is 1. The smallest absolute Gasteiger partial charge is 0.224 e. The van der Waals surface area contributed by atoms with Crippen molar-refractivity contribution < 1.29 is 4.79 Å². The van der Waals surface area contributed by atoms with Gasteiger partial charge in [-0.2, -0.15) is 5.21 Å². The number of amides is 1. The summed E-state index contributed by atoms with van der Waals surface area (Å²) in [7, 11) is 0. The molecule has 0 aliphatic carbocycles. The van der Waals surface area contributed by atoms with Crippen molar-refractivity contribution in [3.8, 4) is 0 Å². The van der Waals surface area contributed by atoms with Crippen LogP contribution in [0.1, 0.15) is 18.7 Å². The number of H-pyrrole nitrogens is 1. The van der Waals surface area contributed by atoms with Crippen LogP contribution in [-0.2, 0) is 11.3 Å². The Morgan fingerprint density at radius 3 is 3.20 bits per heavy atom. The molecule has 15 heavy (non-hydrogen) atoms. The third-order valence-corrected chi connectivity index (χ3v) is 2.48. The van der Waals surface area contributed by atoms with Crippen molar-refractivity contribution in [2.24, 2.45) is 5.92 Å². The van der Waals surface area contributed by atoms with Gasteiger partial charge in [-0.15, -0.1) is 10.2 Å². The van der Waals surface area contributed by atoms with Crippen molar-refractivity contribution in [3.63, 3.8) is 0 Å². The van der Waals surface area contributed by atoms with E-state index in [0.29, 0.717) is 12.4 Å². The summed E-state index contributed by atoms with van der Waals surface area (Å²) < 4.78 is 0. The first-order valence-electron chi connectivity index (χ1n) is 5.07. The Morgan fingerprint density at radius 2 is 2.53 bits per heavy atom. The van der Waals surface area contributed by atoms with Crippen molar-refractivity contribution in [1.29, 1.82) is 0 Å². The molecule has 0 aromatic carbocycles. The molecule has 1 aliphatic heterocycles. The zero-order valence-corrected chi connectivity index (χ0v) is 8.36. The van der Waals surface area contributed by atoms with Gasteiger partial charge in [0.1, 0.15) is 0 Å². The van der Waals surface area contributed by atoms with E-state index in [4.69, 9.17) is 0 Å². The average Bonchev–Trinajstić information content (AvgIpc) is 2.80. The highest BCUT2D eigenvalue weighted by Gasteiger charge is 2.20. The summed E-state index contributed by atoms with van der Waals surface area (Å²) >= 11 is 0. The fraction of sp³-hybridized carbons (Fsp3) is 0.750. The lowest BCUT2D eigenvalue weighted by molar-refractivity contribution is -0.125. The molecule has 7 nitrogen and oxygen atoms in total. The molecule has 1 saturated heterocycles. The average molecular weight is 210 g/mol. The van der Waals surface area contributed by atoms with Crippen molar-refractivity contribution >= 4 is 5.91 Å². The fourth-order valence-electron chi connectivity index (χ4n) is 1.64. The highest BCUT2D eigenvalue weighted by molar-refractivity contribution is 5.78. The molecule has 1 aromatic heterocycles. The number of hydrogen-bond acceptors (Lipinski definition) is 5. The monoisotopic (exact) mass is 210 g/mol. The van der Waals surface area contributed by atoms with Crippen LogP contribution in [0.3, 0.4) is 0 Å². The Labute approximate surface area is 87.0 Å². The van der Waals surface area contributed by atoms with Gasteiger partial charge in [0.2, 0.25) is 5.91 Å². The van der Waals surface area contributed by atoms with Crippen LogP contribution in [0.25, 0.3) is 0 Å². The lowest BCUT2D eigenvalue weighted by Gasteiger charge is -2.21. The Hall–Kier alpha value is -1.50. The first-order chi connectivity index (χ1) is 7.36. The van der Waals surface area contributed by atoms with Crippen LogP contribution in [0, 0.1) is 5.92 Å². The highest BCUT2D eigenvalue weighted by atomic mass is 16.1. The predicted octanol–water partition coefficient (Wildman–Crippen LogP) is -1.18. The predicted molar refractivity (Wildman–Crippen MR) is 51.6 cm³/mol. The molecule has 2 rings (SSSR count). The SMILES string of the molecule is O=C(NCc1nn[nH]n1)C1CCCNC1. The number of carbonyl (C=O) groups is 1.